The molecule has 1 N–H and O–H groups in total. The lowest BCUT2D eigenvalue weighted by atomic mass is 9.91. The molecule has 3 heterocycles. The van der Waals surface area contributed by atoms with Gasteiger partial charge in [-0.05, 0) is 67.6 Å². The van der Waals surface area contributed by atoms with Crippen molar-refractivity contribution in [3.63, 3.8) is 0 Å². The number of thiophene rings is 1. The van der Waals surface area contributed by atoms with E-state index in [0.29, 0.717) is 0 Å². The quantitative estimate of drug-likeness (QED) is 0.922. The van der Waals surface area contributed by atoms with Gasteiger partial charge in [0.1, 0.15) is 0 Å². The molecule has 2 aromatic rings. The molecule has 0 saturated carbocycles. The van der Waals surface area contributed by atoms with Gasteiger partial charge >= 0.3 is 0 Å². The number of fused-ring (bicyclic) bond motifs is 3. The Morgan fingerprint density at radius 1 is 1.19 bits per heavy atom. The summed E-state index contributed by atoms with van der Waals surface area (Å²) in [6.45, 7) is 2.21. The summed E-state index contributed by atoms with van der Waals surface area (Å²) in [4.78, 5) is 2.63. The van der Waals surface area contributed by atoms with Gasteiger partial charge in [-0.25, -0.2) is 0 Å². The van der Waals surface area contributed by atoms with Gasteiger partial charge in [-0.15, -0.1) is 11.3 Å². The second-order valence-electron chi connectivity index (χ2n) is 6.78. The third-order valence-corrected chi connectivity index (χ3v) is 6.52. The van der Waals surface area contributed by atoms with E-state index in [9.17, 15) is 0 Å². The van der Waals surface area contributed by atoms with Crippen LogP contribution in [0.15, 0.2) is 29.6 Å². The Labute approximate surface area is 131 Å². The molecule has 2 saturated heterocycles. The Kier molecular flexibility index (Phi) is 3.74. The third kappa shape index (κ3) is 2.63. The zero-order valence-electron chi connectivity index (χ0n) is 12.7. The molecule has 1 aromatic carbocycles. The second-order valence-corrected chi connectivity index (χ2v) is 7.69. The number of benzene rings is 1. The van der Waals surface area contributed by atoms with Gasteiger partial charge in [-0.2, -0.15) is 0 Å². The Hall–Kier alpha value is -0.900. The molecule has 4 rings (SSSR count). The van der Waals surface area contributed by atoms with Crippen LogP contribution in [0.3, 0.4) is 0 Å². The fourth-order valence-corrected chi connectivity index (χ4v) is 5.23. The van der Waals surface area contributed by atoms with Crippen LogP contribution in [-0.2, 0) is 6.54 Å². The molecule has 0 aliphatic carbocycles. The van der Waals surface area contributed by atoms with Crippen molar-refractivity contribution in [2.75, 3.05) is 13.6 Å². The number of rotatable bonds is 4. The number of hydrogen-bond donors (Lipinski definition) is 1. The summed E-state index contributed by atoms with van der Waals surface area (Å²) >= 11 is 1.86. The maximum atomic E-state index is 3.72. The van der Waals surface area contributed by atoms with Crippen LogP contribution in [0, 0.1) is 5.92 Å². The molecule has 2 aliphatic heterocycles. The number of hydrogen-bond acceptors (Lipinski definition) is 3. The van der Waals surface area contributed by atoms with E-state index in [1.807, 2.05) is 11.3 Å². The Morgan fingerprint density at radius 3 is 2.76 bits per heavy atom. The summed E-state index contributed by atoms with van der Waals surface area (Å²) in [6.07, 6.45) is 5.63. The van der Waals surface area contributed by atoms with Crippen LogP contribution in [0.2, 0.25) is 0 Å². The lowest BCUT2D eigenvalue weighted by Crippen LogP contribution is -2.42. The van der Waals surface area contributed by atoms with E-state index in [0.717, 1.165) is 24.5 Å². The van der Waals surface area contributed by atoms with Crippen molar-refractivity contribution in [2.24, 2.45) is 5.92 Å². The lowest BCUT2D eigenvalue weighted by molar-refractivity contribution is 0.133. The average Bonchev–Trinajstić information content (AvgIpc) is 2.97. The van der Waals surface area contributed by atoms with E-state index in [2.05, 4.69) is 46.9 Å². The van der Waals surface area contributed by atoms with Crippen LogP contribution in [0.5, 0.6) is 0 Å². The van der Waals surface area contributed by atoms with Crippen molar-refractivity contribution in [1.29, 1.82) is 0 Å². The minimum absolute atomic E-state index is 0.859. The van der Waals surface area contributed by atoms with Crippen LogP contribution in [0.1, 0.15) is 31.2 Å². The van der Waals surface area contributed by atoms with Crippen LogP contribution in [-0.4, -0.2) is 30.6 Å². The molecule has 2 fully saturated rings. The predicted molar refractivity (Wildman–Crippen MR) is 90.8 cm³/mol. The lowest BCUT2D eigenvalue weighted by Gasteiger charge is -2.36. The zero-order chi connectivity index (χ0) is 14.2. The van der Waals surface area contributed by atoms with E-state index >= 15 is 0 Å². The summed E-state index contributed by atoms with van der Waals surface area (Å²) in [5.74, 6) is 0.878. The highest BCUT2D eigenvalue weighted by molar-refractivity contribution is 7.17. The van der Waals surface area contributed by atoms with Crippen LogP contribution < -0.4 is 5.32 Å². The van der Waals surface area contributed by atoms with Gasteiger partial charge in [0.05, 0.1) is 0 Å². The maximum absolute atomic E-state index is 3.72. The van der Waals surface area contributed by atoms with Gasteiger partial charge in [0.2, 0.25) is 0 Å². The molecule has 0 radical (unpaired) electrons. The van der Waals surface area contributed by atoms with Gasteiger partial charge in [-0.1, -0.05) is 18.2 Å². The van der Waals surface area contributed by atoms with Crippen molar-refractivity contribution in [3.8, 4) is 0 Å². The molecular formula is C18H24N2S. The SMILES string of the molecule is CN1C2CCC1CC(CNCc1csc3ccccc13)C2. The first-order chi connectivity index (χ1) is 10.3. The Balaban J connectivity index is 1.34. The van der Waals surface area contributed by atoms with Gasteiger partial charge in [0, 0.05) is 23.3 Å². The maximum Gasteiger partial charge on any atom is 0.0346 e. The van der Waals surface area contributed by atoms with Crippen molar-refractivity contribution < 1.29 is 0 Å². The van der Waals surface area contributed by atoms with Crippen molar-refractivity contribution >= 4 is 21.4 Å². The third-order valence-electron chi connectivity index (χ3n) is 5.51. The first-order valence-electron chi connectivity index (χ1n) is 8.19. The standard InChI is InChI=1S/C18H24N2S/c1-20-15-6-7-16(20)9-13(8-15)10-19-11-14-12-21-18-5-3-2-4-17(14)18/h2-5,12-13,15-16,19H,6-11H2,1H3. The molecule has 2 unspecified atom stereocenters. The average molecular weight is 300 g/mol. The molecule has 2 bridgehead atoms. The van der Waals surface area contributed by atoms with Crippen molar-refractivity contribution in [1.82, 2.24) is 10.2 Å². The van der Waals surface area contributed by atoms with Crippen LogP contribution >= 0.6 is 11.3 Å². The summed E-state index contributed by atoms with van der Waals surface area (Å²) in [5, 5.41) is 7.47. The summed E-state index contributed by atoms with van der Waals surface area (Å²) in [7, 11) is 2.32. The summed E-state index contributed by atoms with van der Waals surface area (Å²) in [5.41, 5.74) is 1.46. The van der Waals surface area contributed by atoms with Crippen molar-refractivity contribution in [3.05, 3.63) is 35.2 Å². The number of nitrogens with zero attached hydrogens (tertiary/aromatic N) is 1. The molecule has 0 amide bonds. The molecule has 112 valence electrons. The smallest absolute Gasteiger partial charge is 0.0346 e. The monoisotopic (exact) mass is 300 g/mol. The van der Waals surface area contributed by atoms with E-state index in [1.54, 1.807) is 0 Å². The highest BCUT2D eigenvalue weighted by Crippen LogP contribution is 2.37. The topological polar surface area (TPSA) is 15.3 Å². The number of piperidine rings is 1. The van der Waals surface area contributed by atoms with E-state index in [1.165, 1.54) is 47.9 Å². The Morgan fingerprint density at radius 2 is 1.95 bits per heavy atom. The van der Waals surface area contributed by atoms with Gasteiger partial charge in [-0.3, -0.25) is 0 Å². The molecule has 1 aromatic heterocycles. The molecule has 2 nitrogen and oxygen atoms in total. The molecule has 0 spiro atoms. The minimum Gasteiger partial charge on any atom is -0.312 e. The summed E-state index contributed by atoms with van der Waals surface area (Å²) < 4.78 is 1.41. The zero-order valence-corrected chi connectivity index (χ0v) is 13.5. The number of nitrogens with one attached hydrogen (secondary N) is 1. The van der Waals surface area contributed by atoms with Crippen molar-refractivity contribution in [2.45, 2.75) is 44.3 Å². The van der Waals surface area contributed by atoms with Gasteiger partial charge in [0.15, 0.2) is 0 Å². The molecule has 3 heteroatoms. The first-order valence-corrected chi connectivity index (χ1v) is 9.07. The van der Waals surface area contributed by atoms with E-state index in [-0.39, 0.29) is 0 Å². The fraction of sp³-hybridized carbons (Fsp3) is 0.556. The van der Waals surface area contributed by atoms with Gasteiger partial charge in [0.25, 0.3) is 0 Å². The van der Waals surface area contributed by atoms with E-state index in [4.69, 9.17) is 0 Å². The highest BCUT2D eigenvalue weighted by atomic mass is 32.1. The molecular weight excluding hydrogens is 276 g/mol. The normalized spacial score (nSPS) is 29.3. The van der Waals surface area contributed by atoms with Crippen LogP contribution in [0.4, 0.5) is 0 Å². The largest absolute Gasteiger partial charge is 0.312 e. The molecule has 2 aliphatic rings. The second kappa shape index (κ2) is 5.71. The molecule has 2 atom stereocenters. The van der Waals surface area contributed by atoms with Gasteiger partial charge < -0.3 is 10.2 Å². The summed E-state index contributed by atoms with van der Waals surface area (Å²) in [6, 6.07) is 10.5. The fourth-order valence-electron chi connectivity index (χ4n) is 4.27. The Bertz CT molecular complexity index is 606. The minimum atomic E-state index is 0.859. The molecule has 21 heavy (non-hydrogen) atoms. The van der Waals surface area contributed by atoms with E-state index < -0.39 is 0 Å². The van der Waals surface area contributed by atoms with Crippen LogP contribution in [0.25, 0.3) is 10.1 Å². The highest BCUT2D eigenvalue weighted by Gasteiger charge is 2.37. The predicted octanol–water partition coefficient (Wildman–Crippen LogP) is 3.86. The first kappa shape index (κ1) is 13.7.